The van der Waals surface area contributed by atoms with E-state index in [-0.39, 0.29) is 12.0 Å². The van der Waals surface area contributed by atoms with Gasteiger partial charge in [0.15, 0.2) is 0 Å². The Bertz CT molecular complexity index is 224. The lowest BCUT2D eigenvalue weighted by Gasteiger charge is -2.28. The standard InChI is InChI=1S/C12H23F3N2/c1-9(2)5-10(6-16)7-17(11-3-4-11)8-12(13,14)15/h9-11H,3-8,16H2,1-2H3. The smallest absolute Gasteiger partial charge is 0.330 e. The Balaban J connectivity index is 2.47. The Morgan fingerprint density at radius 3 is 2.24 bits per heavy atom. The summed E-state index contributed by atoms with van der Waals surface area (Å²) in [4.78, 5) is 1.57. The predicted octanol–water partition coefficient (Wildman–Crippen LogP) is 2.63. The summed E-state index contributed by atoms with van der Waals surface area (Å²) in [7, 11) is 0. The van der Waals surface area contributed by atoms with Crippen molar-refractivity contribution in [1.82, 2.24) is 4.90 Å². The summed E-state index contributed by atoms with van der Waals surface area (Å²) in [5.74, 6) is 0.661. The van der Waals surface area contributed by atoms with Gasteiger partial charge in [0, 0.05) is 12.6 Å². The molecule has 1 aliphatic rings. The van der Waals surface area contributed by atoms with E-state index in [2.05, 4.69) is 13.8 Å². The lowest BCUT2D eigenvalue weighted by atomic mass is 9.96. The maximum absolute atomic E-state index is 12.4. The number of hydrogen-bond donors (Lipinski definition) is 1. The van der Waals surface area contributed by atoms with Crippen LogP contribution in [0.25, 0.3) is 0 Å². The van der Waals surface area contributed by atoms with E-state index in [1.54, 1.807) is 4.90 Å². The predicted molar refractivity (Wildman–Crippen MR) is 62.6 cm³/mol. The fraction of sp³-hybridized carbons (Fsp3) is 1.00. The van der Waals surface area contributed by atoms with Crippen LogP contribution >= 0.6 is 0 Å². The zero-order chi connectivity index (χ0) is 13.1. The Hall–Kier alpha value is -0.290. The first-order chi connectivity index (χ1) is 7.81. The topological polar surface area (TPSA) is 29.3 Å². The Kier molecular flexibility index (Phi) is 5.25. The zero-order valence-corrected chi connectivity index (χ0v) is 10.6. The molecule has 1 fully saturated rings. The van der Waals surface area contributed by atoms with Crippen molar-refractivity contribution in [1.29, 1.82) is 0 Å². The molecule has 1 aliphatic carbocycles. The summed E-state index contributed by atoms with van der Waals surface area (Å²) in [6.45, 7) is 4.33. The molecule has 0 radical (unpaired) electrons. The molecule has 2 nitrogen and oxygen atoms in total. The van der Waals surface area contributed by atoms with E-state index in [1.165, 1.54) is 0 Å². The summed E-state index contributed by atoms with van der Waals surface area (Å²) in [6.07, 6.45) is -1.40. The second-order valence-electron chi connectivity index (χ2n) is 5.51. The van der Waals surface area contributed by atoms with E-state index in [0.717, 1.165) is 19.3 Å². The maximum atomic E-state index is 12.4. The molecule has 102 valence electrons. The SMILES string of the molecule is CC(C)CC(CN)CN(CC(F)(F)F)C1CC1. The molecule has 5 heteroatoms. The van der Waals surface area contributed by atoms with Gasteiger partial charge in [-0.3, -0.25) is 4.90 Å². The third-order valence-corrected chi connectivity index (χ3v) is 3.08. The first kappa shape index (κ1) is 14.8. The molecule has 1 unspecified atom stereocenters. The number of alkyl halides is 3. The van der Waals surface area contributed by atoms with Crippen molar-refractivity contribution in [3.05, 3.63) is 0 Å². The van der Waals surface area contributed by atoms with E-state index in [9.17, 15) is 13.2 Å². The van der Waals surface area contributed by atoms with Crippen molar-refractivity contribution in [2.75, 3.05) is 19.6 Å². The minimum atomic E-state index is -4.10. The average molecular weight is 252 g/mol. The van der Waals surface area contributed by atoms with Crippen molar-refractivity contribution < 1.29 is 13.2 Å². The minimum Gasteiger partial charge on any atom is -0.330 e. The van der Waals surface area contributed by atoms with Gasteiger partial charge in [0.05, 0.1) is 6.54 Å². The van der Waals surface area contributed by atoms with Crippen molar-refractivity contribution in [3.8, 4) is 0 Å². The molecule has 17 heavy (non-hydrogen) atoms. The molecule has 0 heterocycles. The van der Waals surface area contributed by atoms with Crippen molar-refractivity contribution in [2.24, 2.45) is 17.6 Å². The quantitative estimate of drug-likeness (QED) is 0.754. The molecule has 0 bridgehead atoms. The maximum Gasteiger partial charge on any atom is 0.401 e. The number of hydrogen-bond acceptors (Lipinski definition) is 2. The number of rotatable bonds is 7. The van der Waals surface area contributed by atoms with Crippen LogP contribution in [-0.4, -0.2) is 36.8 Å². The summed E-state index contributed by atoms with van der Waals surface area (Å²) in [5, 5.41) is 0. The molecule has 1 saturated carbocycles. The number of nitrogens with zero attached hydrogens (tertiary/aromatic N) is 1. The van der Waals surface area contributed by atoms with Crippen molar-refractivity contribution >= 4 is 0 Å². The second kappa shape index (κ2) is 6.05. The summed E-state index contributed by atoms with van der Waals surface area (Å²) in [5.41, 5.74) is 5.65. The van der Waals surface area contributed by atoms with Gasteiger partial charge in [-0.2, -0.15) is 13.2 Å². The van der Waals surface area contributed by atoms with E-state index < -0.39 is 12.7 Å². The Labute approximate surface area is 101 Å². The van der Waals surface area contributed by atoms with Crippen molar-refractivity contribution in [2.45, 2.75) is 45.3 Å². The van der Waals surface area contributed by atoms with Crippen LogP contribution in [0.1, 0.15) is 33.1 Å². The van der Waals surface area contributed by atoms with Gasteiger partial charge >= 0.3 is 6.18 Å². The number of halogens is 3. The molecular weight excluding hydrogens is 229 g/mol. The highest BCUT2D eigenvalue weighted by Crippen LogP contribution is 2.31. The molecule has 0 saturated heterocycles. The van der Waals surface area contributed by atoms with Crippen LogP contribution < -0.4 is 5.73 Å². The molecule has 2 N–H and O–H groups in total. The summed E-state index contributed by atoms with van der Waals surface area (Å²) in [6, 6.07) is 0.137. The molecule has 1 atom stereocenters. The van der Waals surface area contributed by atoms with Gasteiger partial charge in [-0.05, 0) is 37.6 Å². The molecule has 0 aromatic carbocycles. The third-order valence-electron chi connectivity index (χ3n) is 3.08. The highest BCUT2D eigenvalue weighted by Gasteiger charge is 2.38. The average Bonchev–Trinajstić information content (AvgIpc) is 2.95. The zero-order valence-electron chi connectivity index (χ0n) is 10.6. The first-order valence-corrected chi connectivity index (χ1v) is 6.32. The number of nitrogens with two attached hydrogens (primary N) is 1. The van der Waals surface area contributed by atoms with Gasteiger partial charge in [0.2, 0.25) is 0 Å². The fourth-order valence-corrected chi connectivity index (χ4v) is 2.26. The normalized spacial score (nSPS) is 19.1. The first-order valence-electron chi connectivity index (χ1n) is 6.32. The lowest BCUT2D eigenvalue weighted by Crippen LogP contribution is -2.41. The van der Waals surface area contributed by atoms with E-state index in [0.29, 0.717) is 19.0 Å². The van der Waals surface area contributed by atoms with Crippen LogP contribution in [-0.2, 0) is 0 Å². The van der Waals surface area contributed by atoms with Crippen LogP contribution in [0.4, 0.5) is 13.2 Å². The molecule has 0 aliphatic heterocycles. The van der Waals surface area contributed by atoms with Crippen LogP contribution in [0.5, 0.6) is 0 Å². The molecule has 0 aromatic heterocycles. The van der Waals surface area contributed by atoms with Gasteiger partial charge in [-0.25, -0.2) is 0 Å². The monoisotopic (exact) mass is 252 g/mol. The molecular formula is C12H23F3N2. The summed E-state index contributed by atoms with van der Waals surface area (Å²) < 4.78 is 37.3. The van der Waals surface area contributed by atoms with Gasteiger partial charge < -0.3 is 5.73 Å². The van der Waals surface area contributed by atoms with Gasteiger partial charge in [-0.1, -0.05) is 13.8 Å². The highest BCUT2D eigenvalue weighted by molar-refractivity contribution is 4.87. The summed E-state index contributed by atoms with van der Waals surface area (Å²) >= 11 is 0. The van der Waals surface area contributed by atoms with Gasteiger partial charge in [-0.15, -0.1) is 0 Å². The van der Waals surface area contributed by atoms with Crippen LogP contribution in [0, 0.1) is 11.8 Å². The second-order valence-corrected chi connectivity index (χ2v) is 5.51. The van der Waals surface area contributed by atoms with Gasteiger partial charge in [0.1, 0.15) is 0 Å². The van der Waals surface area contributed by atoms with E-state index in [1.807, 2.05) is 0 Å². The van der Waals surface area contributed by atoms with E-state index in [4.69, 9.17) is 5.73 Å². The highest BCUT2D eigenvalue weighted by atomic mass is 19.4. The Morgan fingerprint density at radius 1 is 1.29 bits per heavy atom. The minimum absolute atomic E-state index is 0.137. The fourth-order valence-electron chi connectivity index (χ4n) is 2.26. The largest absolute Gasteiger partial charge is 0.401 e. The molecule has 0 aromatic rings. The van der Waals surface area contributed by atoms with Crippen molar-refractivity contribution in [3.63, 3.8) is 0 Å². The molecule has 0 amide bonds. The Morgan fingerprint density at radius 2 is 1.88 bits per heavy atom. The molecule has 1 rings (SSSR count). The third kappa shape index (κ3) is 6.27. The van der Waals surface area contributed by atoms with Gasteiger partial charge in [0.25, 0.3) is 0 Å². The molecule has 0 spiro atoms. The van der Waals surface area contributed by atoms with Crippen LogP contribution in [0.3, 0.4) is 0 Å². The van der Waals surface area contributed by atoms with Crippen LogP contribution in [0.2, 0.25) is 0 Å². The van der Waals surface area contributed by atoms with E-state index >= 15 is 0 Å². The van der Waals surface area contributed by atoms with Crippen LogP contribution in [0.15, 0.2) is 0 Å². The lowest BCUT2D eigenvalue weighted by molar-refractivity contribution is -0.148.